The van der Waals surface area contributed by atoms with Crippen LogP contribution in [0, 0.1) is 12.7 Å². The van der Waals surface area contributed by atoms with Crippen molar-refractivity contribution in [3.8, 4) is 11.3 Å². The molecular formula is C17H14FN3O3S2. The number of nitrogens with zero attached hydrogens (tertiary/aromatic N) is 1. The minimum absolute atomic E-state index is 0.0305. The third-order valence-corrected chi connectivity index (χ3v) is 4.77. The van der Waals surface area contributed by atoms with Crippen molar-refractivity contribution < 1.29 is 17.9 Å². The zero-order chi connectivity index (χ0) is 18.7. The lowest BCUT2D eigenvalue weighted by Crippen LogP contribution is -2.15. The highest BCUT2D eigenvalue weighted by molar-refractivity contribution is 7.80. The van der Waals surface area contributed by atoms with Crippen LogP contribution in [0.2, 0.25) is 0 Å². The monoisotopic (exact) mass is 391 g/mol. The molecule has 26 heavy (non-hydrogen) atoms. The van der Waals surface area contributed by atoms with Gasteiger partial charge in [-0.15, -0.1) is 11.3 Å². The predicted octanol–water partition coefficient (Wildman–Crippen LogP) is 4.06. The first-order valence-electron chi connectivity index (χ1n) is 7.45. The lowest BCUT2D eigenvalue weighted by molar-refractivity contribution is 0.102. The van der Waals surface area contributed by atoms with Gasteiger partial charge in [-0.3, -0.25) is 19.4 Å². The fourth-order valence-corrected chi connectivity index (χ4v) is 3.56. The van der Waals surface area contributed by atoms with Crippen LogP contribution in [0.3, 0.4) is 0 Å². The van der Waals surface area contributed by atoms with Crippen molar-refractivity contribution >= 4 is 39.3 Å². The van der Waals surface area contributed by atoms with Crippen molar-refractivity contribution in [1.29, 1.82) is 0 Å². The summed E-state index contributed by atoms with van der Waals surface area (Å²) in [6, 6.07) is 12.9. The molecule has 0 bridgehead atoms. The molecule has 0 aliphatic heterocycles. The third kappa shape index (κ3) is 4.13. The molecule has 1 unspecified atom stereocenters. The van der Waals surface area contributed by atoms with Gasteiger partial charge in [0.05, 0.1) is 16.9 Å². The summed E-state index contributed by atoms with van der Waals surface area (Å²) in [5.41, 5.74) is 1.64. The van der Waals surface area contributed by atoms with E-state index in [1.165, 1.54) is 17.4 Å². The number of aromatic nitrogens is 1. The van der Waals surface area contributed by atoms with Crippen LogP contribution in [-0.2, 0) is 11.3 Å². The maximum Gasteiger partial charge on any atom is 0.259 e. The second-order valence-corrected chi connectivity index (χ2v) is 7.19. The van der Waals surface area contributed by atoms with Gasteiger partial charge >= 0.3 is 0 Å². The van der Waals surface area contributed by atoms with Gasteiger partial charge in [0, 0.05) is 10.4 Å². The molecule has 6 nitrogen and oxygen atoms in total. The zero-order valence-electron chi connectivity index (χ0n) is 13.5. The van der Waals surface area contributed by atoms with Gasteiger partial charge in [-0.05, 0) is 25.1 Å². The maximum absolute atomic E-state index is 13.4. The molecule has 0 radical (unpaired) electrons. The quantitative estimate of drug-likeness (QED) is 0.572. The summed E-state index contributed by atoms with van der Waals surface area (Å²) in [6.07, 6.45) is 0. The van der Waals surface area contributed by atoms with E-state index in [-0.39, 0.29) is 11.3 Å². The van der Waals surface area contributed by atoms with Crippen LogP contribution in [0.1, 0.15) is 15.2 Å². The first kappa shape index (κ1) is 18.2. The van der Waals surface area contributed by atoms with Crippen LogP contribution in [0.25, 0.3) is 11.3 Å². The summed E-state index contributed by atoms with van der Waals surface area (Å²) >= 11 is -1.12. The van der Waals surface area contributed by atoms with Gasteiger partial charge in [0.15, 0.2) is 5.13 Å². The molecule has 3 N–H and O–H groups in total. The Hall–Kier alpha value is -2.62. The van der Waals surface area contributed by atoms with Gasteiger partial charge in [-0.1, -0.05) is 30.3 Å². The number of hydrogen-bond donors (Lipinski definition) is 3. The third-order valence-electron chi connectivity index (χ3n) is 3.49. The average molecular weight is 391 g/mol. The molecule has 0 spiro atoms. The van der Waals surface area contributed by atoms with Crippen molar-refractivity contribution in [2.45, 2.75) is 6.92 Å². The van der Waals surface area contributed by atoms with Crippen molar-refractivity contribution in [2.24, 2.45) is 0 Å². The van der Waals surface area contributed by atoms with Gasteiger partial charge in [0.1, 0.15) is 5.82 Å². The summed E-state index contributed by atoms with van der Waals surface area (Å²) in [5, 5.41) is 3.03. The Morgan fingerprint density at radius 2 is 1.96 bits per heavy atom. The Morgan fingerprint density at radius 3 is 2.65 bits per heavy atom. The fourth-order valence-electron chi connectivity index (χ4n) is 2.37. The van der Waals surface area contributed by atoms with E-state index < -0.39 is 23.0 Å². The first-order valence-corrected chi connectivity index (χ1v) is 9.37. The maximum atomic E-state index is 13.4. The number of nitrogens with one attached hydrogen (secondary N) is 2. The number of aryl methyl sites for hydroxylation is 1. The fraction of sp³-hybridized carbons (Fsp3) is 0.0588. The van der Waals surface area contributed by atoms with E-state index >= 15 is 0 Å². The van der Waals surface area contributed by atoms with Crippen molar-refractivity contribution in [3.05, 3.63) is 64.8 Å². The summed E-state index contributed by atoms with van der Waals surface area (Å²) in [6.45, 7) is 1.90. The standard InChI is InChI=1S/C17H14FN3O3S2/c1-10-15(11-5-3-2-4-6-11)19-17(25-10)20-16(22)13-8-7-12(18)9-14(13)21-26(23)24/h2-9,21H,1H3,(H,23,24)(H,19,20,22). The number of carbonyl (C=O) groups excluding carboxylic acids is 1. The molecule has 0 aliphatic carbocycles. The number of halogens is 1. The van der Waals surface area contributed by atoms with Crippen LogP contribution in [0.15, 0.2) is 48.5 Å². The van der Waals surface area contributed by atoms with Gasteiger partial charge < -0.3 is 0 Å². The molecule has 9 heteroatoms. The topological polar surface area (TPSA) is 91.3 Å². The number of thiazole rings is 1. The summed E-state index contributed by atoms with van der Waals surface area (Å²) in [5.74, 6) is -1.20. The molecule has 3 aromatic rings. The Kier molecular flexibility index (Phi) is 5.40. The Balaban J connectivity index is 1.86. The second kappa shape index (κ2) is 7.73. The highest BCUT2D eigenvalue weighted by atomic mass is 32.2. The molecule has 134 valence electrons. The SMILES string of the molecule is Cc1sc(NC(=O)c2ccc(F)cc2NS(=O)O)nc1-c1ccccc1. The van der Waals surface area contributed by atoms with Gasteiger partial charge in [-0.25, -0.2) is 13.6 Å². The minimum Gasteiger partial charge on any atom is -0.298 e. The van der Waals surface area contributed by atoms with Crippen LogP contribution >= 0.6 is 11.3 Å². The molecule has 3 rings (SSSR count). The van der Waals surface area contributed by atoms with E-state index in [0.717, 1.165) is 28.3 Å². The number of amides is 1. The molecule has 0 fully saturated rings. The normalized spacial score (nSPS) is 11.8. The molecule has 1 amide bonds. The first-order chi connectivity index (χ1) is 12.4. The number of anilines is 2. The summed E-state index contributed by atoms with van der Waals surface area (Å²) in [4.78, 5) is 17.9. The highest BCUT2D eigenvalue weighted by Crippen LogP contribution is 2.30. The number of rotatable bonds is 5. The van der Waals surface area contributed by atoms with E-state index in [9.17, 15) is 13.4 Å². The molecule has 1 atom stereocenters. The molecule has 0 saturated carbocycles. The predicted molar refractivity (Wildman–Crippen MR) is 101 cm³/mol. The van der Waals surface area contributed by atoms with Crippen molar-refractivity contribution in [1.82, 2.24) is 4.98 Å². The lowest BCUT2D eigenvalue weighted by Gasteiger charge is -2.09. The number of benzene rings is 2. The molecule has 0 saturated heterocycles. The zero-order valence-corrected chi connectivity index (χ0v) is 15.2. The Labute approximate surface area is 155 Å². The minimum atomic E-state index is -2.43. The van der Waals surface area contributed by atoms with Crippen molar-refractivity contribution in [2.75, 3.05) is 10.0 Å². The van der Waals surface area contributed by atoms with Crippen LogP contribution < -0.4 is 10.0 Å². The van der Waals surface area contributed by atoms with E-state index in [1.54, 1.807) is 0 Å². The van der Waals surface area contributed by atoms with E-state index in [2.05, 4.69) is 15.0 Å². The molecule has 2 aromatic carbocycles. The van der Waals surface area contributed by atoms with Gasteiger partial charge in [-0.2, -0.15) is 0 Å². The van der Waals surface area contributed by atoms with E-state index in [0.29, 0.717) is 5.13 Å². The number of hydrogen-bond acceptors (Lipinski definition) is 4. The molecular weight excluding hydrogens is 377 g/mol. The highest BCUT2D eigenvalue weighted by Gasteiger charge is 2.17. The largest absolute Gasteiger partial charge is 0.298 e. The average Bonchev–Trinajstić information content (AvgIpc) is 2.95. The Morgan fingerprint density at radius 1 is 1.23 bits per heavy atom. The second-order valence-electron chi connectivity index (χ2n) is 5.29. The van der Waals surface area contributed by atoms with Gasteiger partial charge in [0.2, 0.25) is 0 Å². The molecule has 1 aromatic heterocycles. The summed E-state index contributed by atoms with van der Waals surface area (Å²) in [7, 11) is 0. The summed E-state index contributed by atoms with van der Waals surface area (Å²) < 4.78 is 35.4. The van der Waals surface area contributed by atoms with E-state index in [4.69, 9.17) is 4.55 Å². The smallest absolute Gasteiger partial charge is 0.259 e. The van der Waals surface area contributed by atoms with Crippen LogP contribution in [0.4, 0.5) is 15.2 Å². The van der Waals surface area contributed by atoms with E-state index in [1.807, 2.05) is 37.3 Å². The Bertz CT molecular complexity index is 977. The van der Waals surface area contributed by atoms with Gasteiger partial charge in [0.25, 0.3) is 17.2 Å². The van der Waals surface area contributed by atoms with Crippen LogP contribution in [-0.4, -0.2) is 19.7 Å². The number of carbonyl (C=O) groups is 1. The van der Waals surface area contributed by atoms with Crippen LogP contribution in [0.5, 0.6) is 0 Å². The van der Waals surface area contributed by atoms with Crippen molar-refractivity contribution in [3.63, 3.8) is 0 Å². The molecule has 1 heterocycles. The molecule has 0 aliphatic rings. The lowest BCUT2D eigenvalue weighted by atomic mass is 10.1.